The van der Waals surface area contributed by atoms with E-state index in [0.717, 1.165) is 13.1 Å². The summed E-state index contributed by atoms with van der Waals surface area (Å²) >= 11 is 0. The third kappa shape index (κ3) is 2.49. The van der Waals surface area contributed by atoms with E-state index in [9.17, 15) is 0 Å². The SMILES string of the molecule is CCOc1nc(N)nc(N2CC3CCCN3CC2C)n1. The summed E-state index contributed by atoms with van der Waals surface area (Å²) in [6.07, 6.45) is 2.54. The highest BCUT2D eigenvalue weighted by molar-refractivity contribution is 5.38. The second-order valence-electron chi connectivity index (χ2n) is 5.50. The van der Waals surface area contributed by atoms with Gasteiger partial charge in [0.2, 0.25) is 11.9 Å². The molecule has 2 aliphatic heterocycles. The maximum atomic E-state index is 5.77. The van der Waals surface area contributed by atoms with Crippen molar-refractivity contribution >= 4 is 11.9 Å². The van der Waals surface area contributed by atoms with Crippen LogP contribution in [0, 0.1) is 0 Å². The molecule has 0 amide bonds. The Labute approximate surface area is 119 Å². The quantitative estimate of drug-likeness (QED) is 0.863. The Morgan fingerprint density at radius 3 is 2.95 bits per heavy atom. The van der Waals surface area contributed by atoms with Crippen LogP contribution in [-0.2, 0) is 0 Å². The molecule has 3 rings (SSSR count). The Bertz CT molecular complexity index is 482. The van der Waals surface area contributed by atoms with Gasteiger partial charge in [-0.25, -0.2) is 0 Å². The molecule has 7 heteroatoms. The number of nitrogen functional groups attached to an aromatic ring is 1. The molecule has 3 heterocycles. The van der Waals surface area contributed by atoms with Gasteiger partial charge in [-0.2, -0.15) is 15.0 Å². The first-order valence-corrected chi connectivity index (χ1v) is 7.32. The lowest BCUT2D eigenvalue weighted by Crippen LogP contribution is -2.55. The minimum absolute atomic E-state index is 0.222. The molecule has 20 heavy (non-hydrogen) atoms. The Kier molecular flexibility index (Phi) is 3.60. The van der Waals surface area contributed by atoms with Crippen LogP contribution in [-0.4, -0.2) is 58.2 Å². The van der Waals surface area contributed by atoms with Gasteiger partial charge in [-0.3, -0.25) is 4.90 Å². The van der Waals surface area contributed by atoms with E-state index < -0.39 is 0 Å². The smallest absolute Gasteiger partial charge is 0.323 e. The van der Waals surface area contributed by atoms with Crippen LogP contribution < -0.4 is 15.4 Å². The molecule has 2 atom stereocenters. The zero-order valence-electron chi connectivity index (χ0n) is 12.1. The Hall–Kier alpha value is -1.63. The van der Waals surface area contributed by atoms with Crippen LogP contribution in [0.2, 0.25) is 0 Å². The molecule has 2 N–H and O–H groups in total. The van der Waals surface area contributed by atoms with E-state index in [0.29, 0.717) is 30.6 Å². The zero-order chi connectivity index (χ0) is 14.1. The van der Waals surface area contributed by atoms with Crippen molar-refractivity contribution in [2.75, 3.05) is 36.9 Å². The molecule has 0 saturated carbocycles. The van der Waals surface area contributed by atoms with Crippen LogP contribution >= 0.6 is 0 Å². The number of ether oxygens (including phenoxy) is 1. The van der Waals surface area contributed by atoms with Gasteiger partial charge in [0.1, 0.15) is 0 Å². The fourth-order valence-corrected chi connectivity index (χ4v) is 3.15. The monoisotopic (exact) mass is 278 g/mol. The third-order valence-electron chi connectivity index (χ3n) is 4.09. The molecule has 0 bridgehead atoms. The van der Waals surface area contributed by atoms with Crippen molar-refractivity contribution in [3.63, 3.8) is 0 Å². The van der Waals surface area contributed by atoms with Crippen LogP contribution in [0.5, 0.6) is 6.01 Å². The van der Waals surface area contributed by atoms with Crippen LogP contribution in [0.4, 0.5) is 11.9 Å². The Balaban J connectivity index is 1.84. The van der Waals surface area contributed by atoms with Crippen molar-refractivity contribution in [3.8, 4) is 6.01 Å². The standard InChI is InChI=1S/C13H22N6O/c1-3-20-13-16-11(14)15-12(17-13)19-8-10-5-4-6-18(10)7-9(19)2/h9-10H,3-8H2,1-2H3,(H2,14,15,16,17). The predicted octanol–water partition coefficient (Wildman–Crippen LogP) is 0.525. The highest BCUT2D eigenvalue weighted by atomic mass is 16.5. The van der Waals surface area contributed by atoms with Crippen molar-refractivity contribution < 1.29 is 4.74 Å². The lowest BCUT2D eigenvalue weighted by molar-refractivity contribution is 0.201. The van der Waals surface area contributed by atoms with E-state index in [1.165, 1.54) is 19.4 Å². The molecule has 1 aromatic heterocycles. The highest BCUT2D eigenvalue weighted by Gasteiger charge is 2.35. The molecule has 2 fully saturated rings. The van der Waals surface area contributed by atoms with Gasteiger partial charge in [0, 0.05) is 25.2 Å². The summed E-state index contributed by atoms with van der Waals surface area (Å²) in [5.74, 6) is 0.861. The minimum Gasteiger partial charge on any atom is -0.464 e. The number of fused-ring (bicyclic) bond motifs is 1. The minimum atomic E-state index is 0.222. The first-order chi connectivity index (χ1) is 9.67. The summed E-state index contributed by atoms with van der Waals surface area (Å²) in [4.78, 5) is 17.5. The number of rotatable bonds is 3. The van der Waals surface area contributed by atoms with Crippen molar-refractivity contribution in [3.05, 3.63) is 0 Å². The fraction of sp³-hybridized carbons (Fsp3) is 0.769. The summed E-state index contributed by atoms with van der Waals surface area (Å²) in [6, 6.07) is 1.30. The molecule has 2 unspecified atom stereocenters. The molecular formula is C13H22N6O. The van der Waals surface area contributed by atoms with E-state index in [1.807, 2.05) is 6.92 Å². The zero-order valence-corrected chi connectivity index (χ0v) is 12.1. The van der Waals surface area contributed by atoms with E-state index in [1.54, 1.807) is 0 Å². The number of hydrogen-bond donors (Lipinski definition) is 1. The number of aromatic nitrogens is 3. The Morgan fingerprint density at radius 1 is 1.30 bits per heavy atom. The number of nitrogens with two attached hydrogens (primary N) is 1. The molecule has 7 nitrogen and oxygen atoms in total. The molecule has 110 valence electrons. The van der Waals surface area contributed by atoms with Crippen molar-refractivity contribution in [1.82, 2.24) is 19.9 Å². The summed E-state index contributed by atoms with van der Waals surface area (Å²) in [6.45, 7) is 7.85. The normalized spacial score (nSPS) is 26.6. The molecule has 0 aromatic carbocycles. The maximum absolute atomic E-state index is 5.77. The van der Waals surface area contributed by atoms with Crippen molar-refractivity contribution in [1.29, 1.82) is 0 Å². The summed E-state index contributed by atoms with van der Waals surface area (Å²) < 4.78 is 5.36. The molecule has 0 spiro atoms. The first kappa shape index (κ1) is 13.4. The largest absolute Gasteiger partial charge is 0.464 e. The molecule has 2 saturated heterocycles. The van der Waals surface area contributed by atoms with Crippen LogP contribution in [0.1, 0.15) is 26.7 Å². The van der Waals surface area contributed by atoms with Crippen LogP contribution in [0.15, 0.2) is 0 Å². The second-order valence-corrected chi connectivity index (χ2v) is 5.50. The third-order valence-corrected chi connectivity index (χ3v) is 4.09. The number of piperazine rings is 1. The number of nitrogens with zero attached hydrogens (tertiary/aromatic N) is 5. The van der Waals surface area contributed by atoms with E-state index in [-0.39, 0.29) is 5.95 Å². The fourth-order valence-electron chi connectivity index (χ4n) is 3.15. The van der Waals surface area contributed by atoms with Gasteiger partial charge >= 0.3 is 6.01 Å². The number of hydrogen-bond acceptors (Lipinski definition) is 7. The second kappa shape index (κ2) is 5.40. The van der Waals surface area contributed by atoms with E-state index >= 15 is 0 Å². The first-order valence-electron chi connectivity index (χ1n) is 7.32. The average Bonchev–Trinajstić information content (AvgIpc) is 2.84. The molecule has 1 aromatic rings. The van der Waals surface area contributed by atoms with Crippen LogP contribution in [0.3, 0.4) is 0 Å². The van der Waals surface area contributed by atoms with E-state index in [4.69, 9.17) is 10.5 Å². The summed E-state index contributed by atoms with van der Waals surface area (Å²) in [5.41, 5.74) is 5.77. The molecule has 0 radical (unpaired) electrons. The maximum Gasteiger partial charge on any atom is 0.323 e. The predicted molar refractivity (Wildman–Crippen MR) is 76.8 cm³/mol. The van der Waals surface area contributed by atoms with Gasteiger partial charge in [0.15, 0.2) is 0 Å². The molecule has 0 aliphatic carbocycles. The van der Waals surface area contributed by atoms with E-state index in [2.05, 4.69) is 31.7 Å². The molecular weight excluding hydrogens is 256 g/mol. The summed E-state index contributed by atoms with van der Waals surface area (Å²) in [7, 11) is 0. The van der Waals surface area contributed by atoms with Crippen LogP contribution in [0.25, 0.3) is 0 Å². The lowest BCUT2D eigenvalue weighted by Gasteiger charge is -2.42. The highest BCUT2D eigenvalue weighted by Crippen LogP contribution is 2.27. The lowest BCUT2D eigenvalue weighted by atomic mass is 10.1. The van der Waals surface area contributed by atoms with Gasteiger partial charge in [-0.05, 0) is 33.2 Å². The van der Waals surface area contributed by atoms with Gasteiger partial charge in [0.05, 0.1) is 6.61 Å². The summed E-state index contributed by atoms with van der Waals surface area (Å²) in [5, 5.41) is 0. The number of anilines is 2. The van der Waals surface area contributed by atoms with Crippen molar-refractivity contribution in [2.24, 2.45) is 0 Å². The topological polar surface area (TPSA) is 80.4 Å². The van der Waals surface area contributed by atoms with Crippen molar-refractivity contribution in [2.45, 2.75) is 38.8 Å². The molecule has 2 aliphatic rings. The van der Waals surface area contributed by atoms with Gasteiger partial charge in [-0.15, -0.1) is 0 Å². The average molecular weight is 278 g/mol. The van der Waals surface area contributed by atoms with Gasteiger partial charge in [-0.1, -0.05) is 0 Å². The van der Waals surface area contributed by atoms with Gasteiger partial charge in [0.25, 0.3) is 0 Å². The Morgan fingerprint density at radius 2 is 2.15 bits per heavy atom. The van der Waals surface area contributed by atoms with Gasteiger partial charge < -0.3 is 15.4 Å².